The van der Waals surface area contributed by atoms with Crippen LogP contribution in [0.3, 0.4) is 0 Å². The number of ether oxygens (including phenoxy) is 2. The molecule has 2 aromatic rings. The van der Waals surface area contributed by atoms with Crippen LogP contribution in [0.4, 0.5) is 10.6 Å². The Morgan fingerprint density at radius 2 is 1.84 bits per heavy atom. The largest absolute Gasteiger partial charge is 0.444 e. The summed E-state index contributed by atoms with van der Waals surface area (Å²) >= 11 is 7.79. The van der Waals surface area contributed by atoms with Gasteiger partial charge in [-0.2, -0.15) is 4.98 Å². The highest BCUT2D eigenvalue weighted by Gasteiger charge is 2.44. The highest BCUT2D eigenvalue weighted by molar-refractivity contribution is 7.18. The molecule has 2 unspecified atom stereocenters. The first-order chi connectivity index (χ1) is 15.3. The lowest BCUT2D eigenvalue weighted by Crippen LogP contribution is -2.56. The zero-order chi connectivity index (χ0) is 22.5. The van der Waals surface area contributed by atoms with Crippen LogP contribution in [0.25, 0.3) is 10.3 Å². The Bertz CT molecular complexity index is 991. The number of morpholine rings is 1. The van der Waals surface area contributed by atoms with Crippen LogP contribution in [0.1, 0.15) is 38.6 Å². The van der Waals surface area contributed by atoms with E-state index >= 15 is 0 Å². The van der Waals surface area contributed by atoms with Gasteiger partial charge in [-0.15, -0.1) is 0 Å². The van der Waals surface area contributed by atoms with E-state index in [-0.39, 0.29) is 23.5 Å². The Balaban J connectivity index is 1.31. The third-order valence-electron chi connectivity index (χ3n) is 6.09. The second-order valence-electron chi connectivity index (χ2n) is 9.64. The van der Waals surface area contributed by atoms with Crippen LogP contribution >= 0.6 is 22.9 Å². The molecule has 9 nitrogen and oxygen atoms in total. The summed E-state index contributed by atoms with van der Waals surface area (Å²) in [4.78, 5) is 33.8. The average Bonchev–Trinajstić information content (AvgIpc) is 3.24. The Kier molecular flexibility index (Phi) is 5.90. The van der Waals surface area contributed by atoms with Crippen molar-refractivity contribution in [2.24, 2.45) is 0 Å². The summed E-state index contributed by atoms with van der Waals surface area (Å²) < 4.78 is 11.1. The molecule has 3 aliphatic heterocycles. The van der Waals surface area contributed by atoms with Gasteiger partial charge in [-0.25, -0.2) is 14.8 Å². The number of carbonyl (C=O) groups is 1. The molecule has 1 amide bonds. The van der Waals surface area contributed by atoms with Crippen molar-refractivity contribution in [2.45, 2.75) is 57.8 Å². The molecule has 0 saturated carbocycles. The highest BCUT2D eigenvalue weighted by atomic mass is 35.5. The molecule has 5 rings (SSSR count). The molecule has 2 aromatic heterocycles. The fourth-order valence-corrected chi connectivity index (χ4v) is 6.00. The van der Waals surface area contributed by atoms with Crippen molar-refractivity contribution in [3.63, 3.8) is 0 Å². The lowest BCUT2D eigenvalue weighted by Gasteiger charge is -2.41. The van der Waals surface area contributed by atoms with E-state index < -0.39 is 5.60 Å². The van der Waals surface area contributed by atoms with Crippen LogP contribution < -0.4 is 4.90 Å². The number of hydrogen-bond acceptors (Lipinski definition) is 9. The van der Waals surface area contributed by atoms with Gasteiger partial charge in [-0.05, 0) is 45.2 Å². The van der Waals surface area contributed by atoms with Gasteiger partial charge in [0, 0.05) is 38.3 Å². The van der Waals surface area contributed by atoms with E-state index in [1.54, 1.807) is 11.3 Å². The maximum absolute atomic E-state index is 12.7. The van der Waals surface area contributed by atoms with Crippen molar-refractivity contribution < 1.29 is 14.3 Å². The third-order valence-corrected chi connectivity index (χ3v) is 7.19. The fraction of sp³-hybridized carbons (Fsp3) is 0.714. The first-order valence-electron chi connectivity index (χ1n) is 11.2. The molecular formula is C21H29ClN6O3S. The lowest BCUT2D eigenvalue weighted by atomic mass is 10.2. The Labute approximate surface area is 196 Å². The SMILES string of the molecule is CC(C)(C)OC(=O)N1C2CCC1CN(Cc1nc3c(N4CCOCC4)nc(Cl)nc3s1)C2. The van der Waals surface area contributed by atoms with E-state index in [9.17, 15) is 4.79 Å². The predicted octanol–water partition coefficient (Wildman–Crippen LogP) is 3.16. The molecule has 32 heavy (non-hydrogen) atoms. The molecule has 0 aromatic carbocycles. The predicted molar refractivity (Wildman–Crippen MR) is 123 cm³/mol. The summed E-state index contributed by atoms with van der Waals surface area (Å²) in [6.07, 6.45) is 1.84. The van der Waals surface area contributed by atoms with E-state index in [4.69, 9.17) is 26.1 Å². The molecule has 2 bridgehead atoms. The summed E-state index contributed by atoms with van der Waals surface area (Å²) in [7, 11) is 0. The van der Waals surface area contributed by atoms with Crippen molar-refractivity contribution >= 4 is 45.2 Å². The van der Waals surface area contributed by atoms with Gasteiger partial charge < -0.3 is 14.4 Å². The monoisotopic (exact) mass is 480 g/mol. The minimum Gasteiger partial charge on any atom is -0.444 e. The maximum Gasteiger partial charge on any atom is 0.410 e. The van der Waals surface area contributed by atoms with Crippen LogP contribution in [-0.4, -0.2) is 87.9 Å². The first-order valence-corrected chi connectivity index (χ1v) is 12.4. The van der Waals surface area contributed by atoms with E-state index in [1.807, 2.05) is 25.7 Å². The van der Waals surface area contributed by atoms with Crippen LogP contribution in [-0.2, 0) is 16.0 Å². The quantitative estimate of drug-likeness (QED) is 0.619. The number of fused-ring (bicyclic) bond motifs is 3. The minimum absolute atomic E-state index is 0.190. The van der Waals surface area contributed by atoms with E-state index in [1.165, 1.54) is 0 Å². The number of aromatic nitrogens is 3. The molecule has 2 atom stereocenters. The maximum atomic E-state index is 12.7. The summed E-state index contributed by atoms with van der Waals surface area (Å²) in [5.41, 5.74) is 0.335. The van der Waals surface area contributed by atoms with Crippen LogP contribution in [0, 0.1) is 0 Å². The zero-order valence-corrected chi connectivity index (χ0v) is 20.3. The van der Waals surface area contributed by atoms with E-state index in [0.29, 0.717) is 13.2 Å². The molecule has 174 valence electrons. The van der Waals surface area contributed by atoms with Crippen molar-refractivity contribution in [3.8, 4) is 0 Å². The zero-order valence-electron chi connectivity index (χ0n) is 18.7. The van der Waals surface area contributed by atoms with Crippen LogP contribution in [0.2, 0.25) is 5.28 Å². The second kappa shape index (κ2) is 8.55. The van der Waals surface area contributed by atoms with E-state index in [0.717, 1.165) is 66.7 Å². The van der Waals surface area contributed by atoms with Gasteiger partial charge in [0.05, 0.1) is 19.8 Å². The number of amides is 1. The van der Waals surface area contributed by atoms with Gasteiger partial charge in [0.1, 0.15) is 16.1 Å². The second-order valence-corrected chi connectivity index (χ2v) is 11.0. The first kappa shape index (κ1) is 22.1. The molecule has 5 heterocycles. The number of rotatable bonds is 3. The molecule has 0 N–H and O–H groups in total. The number of likely N-dealkylation sites (tertiary alicyclic amines) is 1. The highest BCUT2D eigenvalue weighted by Crippen LogP contribution is 2.34. The molecule has 3 saturated heterocycles. The molecule has 0 radical (unpaired) electrons. The number of thiazole rings is 1. The average molecular weight is 481 g/mol. The number of piperazine rings is 1. The topological polar surface area (TPSA) is 83.9 Å². The number of hydrogen-bond donors (Lipinski definition) is 0. The summed E-state index contributed by atoms with van der Waals surface area (Å²) in [5, 5.41) is 1.24. The minimum atomic E-state index is -0.477. The van der Waals surface area contributed by atoms with Gasteiger partial charge in [0.2, 0.25) is 5.28 Å². The molecular weight excluding hydrogens is 452 g/mol. The Morgan fingerprint density at radius 3 is 2.50 bits per heavy atom. The van der Waals surface area contributed by atoms with E-state index in [2.05, 4.69) is 19.8 Å². The van der Waals surface area contributed by atoms with Gasteiger partial charge in [-0.3, -0.25) is 9.80 Å². The van der Waals surface area contributed by atoms with Crippen molar-refractivity contribution in [1.29, 1.82) is 0 Å². The van der Waals surface area contributed by atoms with Gasteiger partial charge in [0.15, 0.2) is 10.6 Å². The smallest absolute Gasteiger partial charge is 0.410 e. The van der Waals surface area contributed by atoms with Crippen LogP contribution in [0.15, 0.2) is 0 Å². The van der Waals surface area contributed by atoms with Gasteiger partial charge in [0.25, 0.3) is 0 Å². The van der Waals surface area contributed by atoms with Gasteiger partial charge >= 0.3 is 6.09 Å². The van der Waals surface area contributed by atoms with Crippen LogP contribution in [0.5, 0.6) is 0 Å². The number of halogens is 1. The van der Waals surface area contributed by atoms with Crippen molar-refractivity contribution in [3.05, 3.63) is 10.3 Å². The summed E-state index contributed by atoms with van der Waals surface area (Å²) in [5.74, 6) is 0.792. The lowest BCUT2D eigenvalue weighted by molar-refractivity contribution is -0.00541. The number of carbonyl (C=O) groups excluding carboxylic acids is 1. The Morgan fingerprint density at radius 1 is 1.16 bits per heavy atom. The number of nitrogens with zero attached hydrogens (tertiary/aromatic N) is 6. The van der Waals surface area contributed by atoms with Crippen molar-refractivity contribution in [1.82, 2.24) is 24.8 Å². The summed E-state index contributed by atoms with van der Waals surface area (Å²) in [6, 6.07) is 0.382. The fourth-order valence-electron chi connectivity index (χ4n) is 4.81. The third kappa shape index (κ3) is 4.50. The number of anilines is 1. The molecule has 3 aliphatic rings. The molecule has 0 aliphatic carbocycles. The molecule has 11 heteroatoms. The standard InChI is InChI=1S/C21H29ClN6O3S/c1-21(2,3)31-20(29)28-13-4-5-14(28)11-26(10-13)12-15-23-16-17(27-6-8-30-9-7-27)24-19(22)25-18(16)32-15/h13-14H,4-12H2,1-3H3. The van der Waals surface area contributed by atoms with Crippen molar-refractivity contribution in [2.75, 3.05) is 44.3 Å². The molecule has 0 spiro atoms. The normalized spacial score (nSPS) is 24.4. The summed E-state index contributed by atoms with van der Waals surface area (Å²) in [6.45, 7) is 11.0. The Hall–Kier alpha value is -1.75. The van der Waals surface area contributed by atoms with Gasteiger partial charge in [-0.1, -0.05) is 11.3 Å². The molecule has 3 fully saturated rings.